The largest absolute Gasteiger partial charge is 0.493 e. The molecule has 1 fully saturated rings. The van der Waals surface area contributed by atoms with E-state index in [1.165, 1.54) is 24.0 Å². The first-order chi connectivity index (χ1) is 12.7. The number of carbonyl (C=O) groups is 2. The number of ether oxygens (including phenoxy) is 2. The predicted octanol–water partition coefficient (Wildman–Crippen LogP) is 2.19. The quantitative estimate of drug-likeness (QED) is 0.792. The molecule has 0 aromatic heterocycles. The van der Waals surface area contributed by atoms with Crippen molar-refractivity contribution in [3.05, 3.63) is 17.2 Å². The summed E-state index contributed by atoms with van der Waals surface area (Å²) in [6, 6.07) is 2.79. The summed E-state index contributed by atoms with van der Waals surface area (Å²) in [5, 5.41) is 13.8. The molecule has 2 N–H and O–H groups in total. The predicted molar refractivity (Wildman–Crippen MR) is 103 cm³/mol. The van der Waals surface area contributed by atoms with Gasteiger partial charge in [0.2, 0.25) is 5.91 Å². The van der Waals surface area contributed by atoms with Crippen molar-refractivity contribution in [2.45, 2.75) is 24.9 Å². The maximum absolute atomic E-state index is 12.6. The normalized spacial score (nSPS) is 19.4. The van der Waals surface area contributed by atoms with Crippen molar-refractivity contribution < 1.29 is 24.2 Å². The van der Waals surface area contributed by atoms with Crippen LogP contribution in [0, 0.1) is 0 Å². The van der Waals surface area contributed by atoms with Crippen LogP contribution in [0.2, 0.25) is 5.02 Å². The first kappa shape index (κ1) is 21.1. The summed E-state index contributed by atoms with van der Waals surface area (Å²) in [6.45, 7) is 0.574. The molecule has 150 valence electrons. The number of hydrogen-bond acceptors (Lipinski definition) is 5. The number of methoxy groups -OCH3 is 2. The molecule has 3 amide bonds. The van der Waals surface area contributed by atoms with Gasteiger partial charge in [0.25, 0.3) is 0 Å². The van der Waals surface area contributed by atoms with Gasteiger partial charge in [0.15, 0.2) is 11.5 Å². The number of piperidine rings is 1. The summed E-state index contributed by atoms with van der Waals surface area (Å²) in [5.41, 5.74) is -0.784. The van der Waals surface area contributed by atoms with E-state index in [4.69, 9.17) is 21.1 Å². The molecule has 0 bridgehead atoms. The average Bonchev–Trinajstić information content (AvgIpc) is 2.60. The summed E-state index contributed by atoms with van der Waals surface area (Å²) in [6.07, 6.45) is 1.06. The molecule has 2 rings (SSSR count). The summed E-state index contributed by atoms with van der Waals surface area (Å²) >= 11 is 6.16. The molecule has 0 spiro atoms. The van der Waals surface area contributed by atoms with E-state index in [2.05, 4.69) is 5.32 Å². The molecule has 1 aromatic rings. The topological polar surface area (TPSA) is 91.3 Å². The lowest BCUT2D eigenvalue weighted by molar-refractivity contribution is -0.135. The van der Waals surface area contributed by atoms with Gasteiger partial charge in [0.05, 0.1) is 37.8 Å². The number of rotatable bonds is 5. The second-order valence-corrected chi connectivity index (χ2v) is 7.25. The Hall–Kier alpha value is -2.19. The number of hydrogen-bond donors (Lipinski definition) is 2. The van der Waals surface area contributed by atoms with Crippen LogP contribution in [0.1, 0.15) is 19.3 Å². The number of nitrogens with zero attached hydrogens (tertiary/aromatic N) is 2. The lowest BCUT2D eigenvalue weighted by atomic mass is 9.89. The van der Waals surface area contributed by atoms with Gasteiger partial charge >= 0.3 is 6.03 Å². The third-order valence-electron chi connectivity index (χ3n) is 4.51. The highest BCUT2D eigenvalue weighted by molar-refractivity contribution is 6.32. The number of anilines is 1. The van der Waals surface area contributed by atoms with Crippen LogP contribution in [0.25, 0.3) is 0 Å². The summed E-state index contributed by atoms with van der Waals surface area (Å²) in [4.78, 5) is 27.5. The number of halogens is 1. The fourth-order valence-electron chi connectivity index (χ4n) is 3.06. The Bertz CT molecular complexity index is 712. The molecular weight excluding hydrogens is 374 g/mol. The fraction of sp³-hybridized carbons (Fsp3) is 0.556. The molecule has 9 heteroatoms. The lowest BCUT2D eigenvalue weighted by Gasteiger charge is -2.39. The zero-order valence-corrected chi connectivity index (χ0v) is 16.8. The lowest BCUT2D eigenvalue weighted by Crippen LogP contribution is -2.53. The SMILES string of the molecule is COc1cc(NC(=O)N2CCCC(O)(CC(=O)N(C)C)C2)cc(Cl)c1OC. The van der Waals surface area contributed by atoms with Gasteiger partial charge in [-0.05, 0) is 18.9 Å². The van der Waals surface area contributed by atoms with E-state index in [-0.39, 0.29) is 24.9 Å². The summed E-state index contributed by atoms with van der Waals surface area (Å²) in [5.74, 6) is 0.602. The molecule has 1 heterocycles. The zero-order chi connectivity index (χ0) is 20.2. The maximum Gasteiger partial charge on any atom is 0.321 e. The summed E-state index contributed by atoms with van der Waals surface area (Å²) in [7, 11) is 6.23. The zero-order valence-electron chi connectivity index (χ0n) is 16.0. The molecule has 1 aliphatic rings. The molecule has 1 aromatic carbocycles. The van der Waals surface area contributed by atoms with E-state index in [1.54, 1.807) is 26.2 Å². The second kappa shape index (κ2) is 8.67. The van der Waals surface area contributed by atoms with E-state index in [9.17, 15) is 14.7 Å². The van der Waals surface area contributed by atoms with Crippen LogP contribution in [0.5, 0.6) is 11.5 Å². The minimum atomic E-state index is -1.23. The third kappa shape index (κ3) is 5.17. The maximum atomic E-state index is 12.6. The Labute approximate surface area is 164 Å². The van der Waals surface area contributed by atoms with Gasteiger partial charge < -0.3 is 29.7 Å². The van der Waals surface area contributed by atoms with Crippen molar-refractivity contribution in [1.82, 2.24) is 9.80 Å². The van der Waals surface area contributed by atoms with Crippen LogP contribution in [0.15, 0.2) is 12.1 Å². The van der Waals surface area contributed by atoms with Crippen LogP contribution >= 0.6 is 11.6 Å². The fourth-order valence-corrected chi connectivity index (χ4v) is 3.35. The number of amides is 3. The van der Waals surface area contributed by atoms with Gasteiger partial charge in [-0.25, -0.2) is 4.79 Å². The van der Waals surface area contributed by atoms with Gasteiger partial charge in [0, 0.05) is 32.4 Å². The molecular formula is C18H26ClN3O5. The Morgan fingerprint density at radius 3 is 2.63 bits per heavy atom. The molecule has 1 unspecified atom stereocenters. The number of benzene rings is 1. The number of aliphatic hydroxyl groups is 1. The van der Waals surface area contributed by atoms with Gasteiger partial charge in [-0.1, -0.05) is 11.6 Å². The third-order valence-corrected chi connectivity index (χ3v) is 4.79. The highest BCUT2D eigenvalue weighted by atomic mass is 35.5. The van der Waals surface area contributed by atoms with Gasteiger partial charge in [-0.15, -0.1) is 0 Å². The monoisotopic (exact) mass is 399 g/mol. The Balaban J connectivity index is 2.09. The minimum Gasteiger partial charge on any atom is -0.493 e. The molecule has 8 nitrogen and oxygen atoms in total. The van der Waals surface area contributed by atoms with E-state index >= 15 is 0 Å². The number of carbonyl (C=O) groups excluding carboxylic acids is 2. The number of β-amino-alcohol motifs (C(OH)–C–C–N with tert-alkyl or cyclic N) is 1. The van der Waals surface area contributed by atoms with Gasteiger partial charge in [0.1, 0.15) is 0 Å². The van der Waals surface area contributed by atoms with Crippen molar-refractivity contribution >= 4 is 29.2 Å². The van der Waals surface area contributed by atoms with Crippen molar-refractivity contribution in [1.29, 1.82) is 0 Å². The highest BCUT2D eigenvalue weighted by Gasteiger charge is 2.37. The van der Waals surface area contributed by atoms with Crippen LogP contribution in [-0.4, -0.2) is 73.9 Å². The molecule has 0 radical (unpaired) electrons. The van der Waals surface area contributed by atoms with Crippen molar-refractivity contribution in [2.24, 2.45) is 0 Å². The van der Waals surface area contributed by atoms with Crippen LogP contribution in [0.4, 0.5) is 10.5 Å². The smallest absolute Gasteiger partial charge is 0.321 e. The van der Waals surface area contributed by atoms with Crippen molar-refractivity contribution in [3.8, 4) is 11.5 Å². The molecule has 0 aliphatic carbocycles. The Morgan fingerprint density at radius 2 is 2.04 bits per heavy atom. The Kier molecular flexibility index (Phi) is 6.78. The first-order valence-corrected chi connectivity index (χ1v) is 8.97. The minimum absolute atomic E-state index is 0.0219. The van der Waals surface area contributed by atoms with E-state index < -0.39 is 5.60 Å². The van der Waals surface area contributed by atoms with E-state index in [0.29, 0.717) is 41.6 Å². The van der Waals surface area contributed by atoms with Crippen LogP contribution in [-0.2, 0) is 4.79 Å². The van der Waals surface area contributed by atoms with Gasteiger partial charge in [-0.3, -0.25) is 4.79 Å². The molecule has 1 atom stereocenters. The number of likely N-dealkylation sites (tertiary alicyclic amines) is 1. The van der Waals surface area contributed by atoms with Crippen molar-refractivity contribution in [3.63, 3.8) is 0 Å². The summed E-state index contributed by atoms with van der Waals surface area (Å²) < 4.78 is 10.4. The van der Waals surface area contributed by atoms with Crippen LogP contribution in [0.3, 0.4) is 0 Å². The number of urea groups is 1. The molecule has 0 saturated carbocycles. The van der Waals surface area contributed by atoms with E-state index in [1.807, 2.05) is 0 Å². The average molecular weight is 400 g/mol. The number of nitrogens with one attached hydrogen (secondary N) is 1. The van der Waals surface area contributed by atoms with Gasteiger partial charge in [-0.2, -0.15) is 0 Å². The second-order valence-electron chi connectivity index (χ2n) is 6.84. The standard InChI is InChI=1S/C18H26ClN3O5/c1-21(2)15(23)10-18(25)6-5-7-22(11-18)17(24)20-12-8-13(19)16(27-4)14(9-12)26-3/h8-9,25H,5-7,10-11H2,1-4H3,(H,20,24). The van der Waals surface area contributed by atoms with E-state index in [0.717, 1.165) is 0 Å². The molecule has 1 aliphatic heterocycles. The van der Waals surface area contributed by atoms with Crippen LogP contribution < -0.4 is 14.8 Å². The van der Waals surface area contributed by atoms with Crippen molar-refractivity contribution in [2.75, 3.05) is 46.7 Å². The molecule has 27 heavy (non-hydrogen) atoms. The molecule has 1 saturated heterocycles. The Morgan fingerprint density at radius 1 is 1.33 bits per heavy atom. The first-order valence-electron chi connectivity index (χ1n) is 8.59. The highest BCUT2D eigenvalue weighted by Crippen LogP contribution is 2.38.